The molecular weight excluding hydrogens is 543 g/mol. The molecule has 2 aromatic heterocycles. The van der Waals surface area contributed by atoms with Crippen molar-refractivity contribution in [2.75, 3.05) is 7.05 Å². The van der Waals surface area contributed by atoms with Gasteiger partial charge in [-0.25, -0.2) is 8.42 Å². The number of halogens is 2. The topological polar surface area (TPSA) is 98.3 Å². The second-order valence-corrected chi connectivity index (χ2v) is 11.8. The molecule has 0 spiro atoms. The van der Waals surface area contributed by atoms with Crippen LogP contribution in [0.3, 0.4) is 0 Å². The van der Waals surface area contributed by atoms with Gasteiger partial charge in [-0.2, -0.15) is 9.29 Å². The summed E-state index contributed by atoms with van der Waals surface area (Å²) in [6.07, 6.45) is 0. The van der Waals surface area contributed by atoms with Gasteiger partial charge in [-0.1, -0.05) is 70.0 Å². The van der Waals surface area contributed by atoms with Crippen molar-refractivity contribution in [1.29, 1.82) is 0 Å². The molecule has 0 aliphatic heterocycles. The largest absolute Gasteiger partial charge is 0.338 e. The number of hydrogen-bond acceptors (Lipinski definition) is 7. The first-order chi connectivity index (χ1) is 17.2. The van der Waals surface area contributed by atoms with Gasteiger partial charge in [-0.15, -0.1) is 0 Å². The average molecular weight is 561 g/mol. The molecule has 8 nitrogen and oxygen atoms in total. The minimum atomic E-state index is -3.91. The van der Waals surface area contributed by atoms with Crippen molar-refractivity contribution in [3.8, 4) is 11.4 Å². The van der Waals surface area contributed by atoms with E-state index >= 15 is 0 Å². The Morgan fingerprint density at radius 2 is 1.75 bits per heavy atom. The molecule has 5 rings (SSSR count). The summed E-state index contributed by atoms with van der Waals surface area (Å²) in [7, 11) is -2.49. The Bertz CT molecular complexity index is 1740. The Morgan fingerprint density at radius 3 is 2.50 bits per heavy atom. The van der Waals surface area contributed by atoms with E-state index in [2.05, 4.69) is 10.1 Å². The predicted molar refractivity (Wildman–Crippen MR) is 140 cm³/mol. The van der Waals surface area contributed by atoms with Gasteiger partial charge in [0, 0.05) is 17.6 Å². The van der Waals surface area contributed by atoms with E-state index in [1.54, 1.807) is 41.0 Å². The smallest absolute Gasteiger partial charge is 0.308 e. The van der Waals surface area contributed by atoms with Crippen molar-refractivity contribution in [1.82, 2.24) is 19.0 Å². The van der Waals surface area contributed by atoms with Gasteiger partial charge in [-0.3, -0.25) is 9.36 Å². The normalized spacial score (nSPS) is 12.0. The fraction of sp³-hybridized carbons (Fsp3) is 0.125. The van der Waals surface area contributed by atoms with Crippen LogP contribution in [0.1, 0.15) is 11.5 Å². The number of fused-ring (bicyclic) bond motifs is 1. The third-order valence-electron chi connectivity index (χ3n) is 5.57. The molecule has 0 saturated heterocycles. The summed E-state index contributed by atoms with van der Waals surface area (Å²) in [6.45, 7) is 0.150. The Balaban J connectivity index is 1.40. The zero-order chi connectivity index (χ0) is 25.4. The number of rotatable bonds is 7. The van der Waals surface area contributed by atoms with Crippen LogP contribution in [0, 0.1) is 0 Å². The molecule has 0 bridgehead atoms. The van der Waals surface area contributed by atoms with Crippen LogP contribution in [0.15, 0.2) is 80.9 Å². The average Bonchev–Trinajstić information content (AvgIpc) is 3.44. The lowest BCUT2D eigenvalue weighted by atomic mass is 10.2. The van der Waals surface area contributed by atoms with Crippen LogP contribution in [-0.2, 0) is 23.1 Å². The third kappa shape index (κ3) is 4.70. The molecule has 3 aromatic carbocycles. The monoisotopic (exact) mass is 560 g/mol. The summed E-state index contributed by atoms with van der Waals surface area (Å²) in [5, 5.41) is 4.93. The van der Waals surface area contributed by atoms with E-state index < -0.39 is 10.0 Å². The number of nitrogens with zero attached hydrogens (tertiary/aromatic N) is 4. The highest BCUT2D eigenvalue weighted by Crippen LogP contribution is 2.27. The first-order valence-electron chi connectivity index (χ1n) is 10.6. The number of thiazole rings is 1. The van der Waals surface area contributed by atoms with Gasteiger partial charge in [0.1, 0.15) is 0 Å². The summed E-state index contributed by atoms with van der Waals surface area (Å²) in [5.41, 5.74) is 2.02. The Labute approximate surface area is 220 Å². The van der Waals surface area contributed by atoms with E-state index in [-0.39, 0.29) is 34.6 Å². The van der Waals surface area contributed by atoms with Gasteiger partial charge in [0.05, 0.1) is 33.2 Å². The van der Waals surface area contributed by atoms with Gasteiger partial charge >= 0.3 is 4.87 Å². The van der Waals surface area contributed by atoms with Crippen molar-refractivity contribution >= 4 is 54.8 Å². The lowest BCUT2D eigenvalue weighted by molar-refractivity contribution is 0.337. The van der Waals surface area contributed by atoms with Crippen molar-refractivity contribution in [3.63, 3.8) is 0 Å². The second kappa shape index (κ2) is 9.79. The van der Waals surface area contributed by atoms with E-state index in [1.807, 2.05) is 18.2 Å². The van der Waals surface area contributed by atoms with Gasteiger partial charge in [0.2, 0.25) is 21.7 Å². The van der Waals surface area contributed by atoms with Crippen molar-refractivity contribution in [3.05, 3.63) is 97.9 Å². The van der Waals surface area contributed by atoms with E-state index in [9.17, 15) is 13.2 Å². The second-order valence-electron chi connectivity index (χ2n) is 7.93. The molecule has 0 N–H and O–H groups in total. The maximum atomic E-state index is 13.3. The standard InChI is InChI=1S/C24H18Cl2N4O4S2/c1-29(14-22-27-23(28-34-22)17-7-3-5-9-19(17)26)36(32,33)16-10-11-20-21(12-16)35-24(31)30(20)13-15-6-2-4-8-18(15)25/h2-12H,13-14H2,1H3. The molecule has 0 aliphatic carbocycles. The van der Waals surface area contributed by atoms with E-state index in [1.165, 1.54) is 19.2 Å². The maximum Gasteiger partial charge on any atom is 0.308 e. The lowest BCUT2D eigenvalue weighted by Crippen LogP contribution is -2.26. The Kier molecular flexibility index (Phi) is 6.71. The Hall–Kier alpha value is -3.02. The zero-order valence-corrected chi connectivity index (χ0v) is 21.9. The summed E-state index contributed by atoms with van der Waals surface area (Å²) >= 11 is 13.4. The number of hydrogen-bond donors (Lipinski definition) is 0. The SMILES string of the molecule is CN(Cc1nc(-c2ccccc2Cl)no1)S(=O)(=O)c1ccc2c(c1)sc(=O)n2Cc1ccccc1Cl. The fourth-order valence-electron chi connectivity index (χ4n) is 3.68. The van der Waals surface area contributed by atoms with Crippen LogP contribution in [0.25, 0.3) is 21.6 Å². The quantitative estimate of drug-likeness (QED) is 0.268. The summed E-state index contributed by atoms with van der Waals surface area (Å²) in [5.74, 6) is 0.389. The molecule has 12 heteroatoms. The van der Waals surface area contributed by atoms with Crippen LogP contribution in [0.2, 0.25) is 10.0 Å². The van der Waals surface area contributed by atoms with Crippen molar-refractivity contribution in [2.45, 2.75) is 18.0 Å². The molecular formula is C24H18Cl2N4O4S2. The molecule has 0 amide bonds. The molecule has 36 heavy (non-hydrogen) atoms. The van der Waals surface area contributed by atoms with Crippen LogP contribution < -0.4 is 4.87 Å². The first kappa shape index (κ1) is 24.7. The first-order valence-corrected chi connectivity index (χ1v) is 13.7. The van der Waals surface area contributed by atoms with Crippen LogP contribution >= 0.6 is 34.5 Å². The molecule has 0 fully saturated rings. The minimum Gasteiger partial charge on any atom is -0.338 e. The molecule has 0 saturated carbocycles. The molecule has 2 heterocycles. The maximum absolute atomic E-state index is 13.3. The molecule has 0 atom stereocenters. The van der Waals surface area contributed by atoms with Gasteiger partial charge < -0.3 is 4.52 Å². The van der Waals surface area contributed by atoms with Gasteiger partial charge in [-0.05, 0) is 42.0 Å². The summed E-state index contributed by atoms with van der Waals surface area (Å²) in [6, 6.07) is 18.9. The predicted octanol–water partition coefficient (Wildman–Crippen LogP) is 5.29. The zero-order valence-electron chi connectivity index (χ0n) is 18.8. The van der Waals surface area contributed by atoms with E-state index in [4.69, 9.17) is 27.7 Å². The van der Waals surface area contributed by atoms with Crippen molar-refractivity contribution < 1.29 is 12.9 Å². The van der Waals surface area contributed by atoms with Crippen LogP contribution in [-0.4, -0.2) is 34.5 Å². The third-order valence-corrected chi connectivity index (χ3v) is 9.01. The molecule has 0 unspecified atom stereocenters. The van der Waals surface area contributed by atoms with Gasteiger partial charge in [0.15, 0.2) is 0 Å². The summed E-state index contributed by atoms with van der Waals surface area (Å²) < 4.78 is 35.0. The van der Waals surface area contributed by atoms with E-state index in [0.29, 0.717) is 25.8 Å². The van der Waals surface area contributed by atoms with Crippen LogP contribution in [0.4, 0.5) is 0 Å². The number of sulfonamides is 1. The number of aromatic nitrogens is 3. The molecule has 184 valence electrons. The summed E-state index contributed by atoms with van der Waals surface area (Å²) in [4.78, 5) is 16.8. The van der Waals surface area contributed by atoms with Crippen molar-refractivity contribution in [2.24, 2.45) is 0 Å². The molecule has 5 aromatic rings. The Morgan fingerprint density at radius 1 is 1.03 bits per heavy atom. The molecule has 0 aliphatic rings. The lowest BCUT2D eigenvalue weighted by Gasteiger charge is -2.15. The molecule has 0 radical (unpaired) electrons. The highest BCUT2D eigenvalue weighted by Gasteiger charge is 2.25. The highest BCUT2D eigenvalue weighted by atomic mass is 35.5. The minimum absolute atomic E-state index is 0.0505. The fourth-order valence-corrected chi connectivity index (χ4v) is 6.25. The van der Waals surface area contributed by atoms with E-state index in [0.717, 1.165) is 21.2 Å². The highest BCUT2D eigenvalue weighted by molar-refractivity contribution is 7.89. The number of benzene rings is 3. The van der Waals surface area contributed by atoms with Crippen LogP contribution in [0.5, 0.6) is 0 Å². The van der Waals surface area contributed by atoms with Gasteiger partial charge in [0.25, 0.3) is 0 Å².